The van der Waals surface area contributed by atoms with Crippen LogP contribution in [0.1, 0.15) is 25.3 Å². The number of carbonyl (C=O) groups excluding carboxylic acids is 2. The first-order valence-electron chi connectivity index (χ1n) is 9.79. The second-order valence-electron chi connectivity index (χ2n) is 7.50. The van der Waals surface area contributed by atoms with Crippen LogP contribution in [-0.4, -0.2) is 73.0 Å². The summed E-state index contributed by atoms with van der Waals surface area (Å²) in [6.07, 6.45) is 2.89. The average molecular weight is 376 g/mol. The van der Waals surface area contributed by atoms with Crippen LogP contribution in [0.15, 0.2) is 24.3 Å². The number of hydrogen-bond donors (Lipinski definition) is 2. The molecule has 27 heavy (non-hydrogen) atoms. The molecule has 0 aromatic heterocycles. The number of halogens is 1. The molecule has 3 rings (SSSR count). The van der Waals surface area contributed by atoms with Crippen LogP contribution in [0.5, 0.6) is 0 Å². The molecule has 1 aliphatic heterocycles. The molecular formula is C20H29FN4O2. The molecule has 1 saturated heterocycles. The summed E-state index contributed by atoms with van der Waals surface area (Å²) in [6.45, 7) is 6.03. The zero-order valence-corrected chi connectivity index (χ0v) is 15.9. The third-order valence-electron chi connectivity index (χ3n) is 5.27. The first-order valence-corrected chi connectivity index (χ1v) is 9.79. The number of hydrogen-bond acceptors (Lipinski definition) is 4. The smallest absolute Gasteiger partial charge is 0.237 e. The first-order chi connectivity index (χ1) is 13.0. The fourth-order valence-electron chi connectivity index (χ4n) is 3.28. The Bertz CT molecular complexity index is 640. The summed E-state index contributed by atoms with van der Waals surface area (Å²) in [6, 6.07) is 6.62. The molecule has 2 aliphatic rings. The SMILES string of the molecule is CC(C(=O)NC1CC1)N1CCN(CC(=O)NCCc2ccc(F)cc2)CC1. The molecule has 1 aliphatic carbocycles. The van der Waals surface area contributed by atoms with Gasteiger partial charge in [0.25, 0.3) is 0 Å². The summed E-state index contributed by atoms with van der Waals surface area (Å²) in [5.74, 6) is -0.129. The molecule has 0 bridgehead atoms. The van der Waals surface area contributed by atoms with Gasteiger partial charge in [-0.1, -0.05) is 12.1 Å². The van der Waals surface area contributed by atoms with Crippen molar-refractivity contribution in [3.63, 3.8) is 0 Å². The minimum absolute atomic E-state index is 0.00471. The third kappa shape index (κ3) is 6.29. The topological polar surface area (TPSA) is 64.7 Å². The standard InChI is InChI=1S/C20H29FN4O2/c1-15(20(27)23-18-6-7-18)25-12-10-24(11-13-25)14-19(26)22-9-8-16-2-4-17(21)5-3-16/h2-5,15,18H,6-14H2,1H3,(H,22,26)(H,23,27). The minimum Gasteiger partial charge on any atom is -0.355 e. The summed E-state index contributed by atoms with van der Waals surface area (Å²) in [4.78, 5) is 28.6. The number of carbonyl (C=O) groups is 2. The van der Waals surface area contributed by atoms with Gasteiger partial charge in [0.1, 0.15) is 5.82 Å². The average Bonchev–Trinajstić information content (AvgIpc) is 3.47. The van der Waals surface area contributed by atoms with Crippen molar-refractivity contribution < 1.29 is 14.0 Å². The van der Waals surface area contributed by atoms with E-state index in [2.05, 4.69) is 20.4 Å². The zero-order chi connectivity index (χ0) is 19.2. The second-order valence-corrected chi connectivity index (χ2v) is 7.50. The fourth-order valence-corrected chi connectivity index (χ4v) is 3.28. The van der Waals surface area contributed by atoms with E-state index in [9.17, 15) is 14.0 Å². The molecule has 0 radical (unpaired) electrons. The number of rotatable bonds is 8. The van der Waals surface area contributed by atoms with Crippen LogP contribution < -0.4 is 10.6 Å². The molecule has 2 amide bonds. The third-order valence-corrected chi connectivity index (χ3v) is 5.27. The monoisotopic (exact) mass is 376 g/mol. The van der Waals surface area contributed by atoms with E-state index in [0.717, 1.165) is 44.6 Å². The van der Waals surface area contributed by atoms with Gasteiger partial charge in [0.15, 0.2) is 0 Å². The fraction of sp³-hybridized carbons (Fsp3) is 0.600. The highest BCUT2D eigenvalue weighted by Gasteiger charge is 2.30. The van der Waals surface area contributed by atoms with Crippen molar-refractivity contribution in [3.8, 4) is 0 Å². The minimum atomic E-state index is -0.249. The van der Waals surface area contributed by atoms with Gasteiger partial charge in [0, 0.05) is 38.8 Å². The Morgan fingerprint density at radius 1 is 1.15 bits per heavy atom. The lowest BCUT2D eigenvalue weighted by atomic mass is 10.1. The molecule has 2 fully saturated rings. The number of piperazine rings is 1. The largest absolute Gasteiger partial charge is 0.355 e. The molecule has 1 atom stereocenters. The lowest BCUT2D eigenvalue weighted by molar-refractivity contribution is -0.128. The first kappa shape index (κ1) is 19.8. The number of benzene rings is 1. The van der Waals surface area contributed by atoms with Gasteiger partial charge in [-0.15, -0.1) is 0 Å². The van der Waals surface area contributed by atoms with Crippen molar-refractivity contribution in [2.75, 3.05) is 39.3 Å². The van der Waals surface area contributed by atoms with Gasteiger partial charge in [0.2, 0.25) is 11.8 Å². The Labute approximate surface area is 160 Å². The van der Waals surface area contributed by atoms with Crippen molar-refractivity contribution in [2.45, 2.75) is 38.3 Å². The van der Waals surface area contributed by atoms with Crippen molar-refractivity contribution in [1.29, 1.82) is 0 Å². The van der Waals surface area contributed by atoms with Crippen LogP contribution in [0.25, 0.3) is 0 Å². The predicted molar refractivity (Wildman–Crippen MR) is 102 cm³/mol. The van der Waals surface area contributed by atoms with E-state index in [0.29, 0.717) is 25.6 Å². The van der Waals surface area contributed by atoms with Crippen molar-refractivity contribution in [3.05, 3.63) is 35.6 Å². The van der Waals surface area contributed by atoms with Gasteiger partial charge >= 0.3 is 0 Å². The molecule has 1 heterocycles. The second kappa shape index (κ2) is 9.28. The highest BCUT2D eigenvalue weighted by atomic mass is 19.1. The number of nitrogens with zero attached hydrogens (tertiary/aromatic N) is 2. The van der Waals surface area contributed by atoms with Crippen LogP contribution in [-0.2, 0) is 16.0 Å². The molecule has 0 spiro atoms. The van der Waals surface area contributed by atoms with E-state index in [-0.39, 0.29) is 23.7 Å². The maximum Gasteiger partial charge on any atom is 0.237 e. The van der Waals surface area contributed by atoms with Crippen LogP contribution >= 0.6 is 0 Å². The summed E-state index contributed by atoms with van der Waals surface area (Å²) in [5.41, 5.74) is 1.00. The van der Waals surface area contributed by atoms with Crippen molar-refractivity contribution in [2.24, 2.45) is 0 Å². The summed E-state index contributed by atoms with van der Waals surface area (Å²) in [7, 11) is 0. The molecule has 6 nitrogen and oxygen atoms in total. The maximum absolute atomic E-state index is 12.9. The van der Waals surface area contributed by atoms with Crippen LogP contribution in [0, 0.1) is 5.82 Å². The Morgan fingerprint density at radius 2 is 1.81 bits per heavy atom. The van der Waals surface area contributed by atoms with Crippen molar-refractivity contribution >= 4 is 11.8 Å². The Morgan fingerprint density at radius 3 is 2.44 bits per heavy atom. The summed E-state index contributed by atoms with van der Waals surface area (Å²) in [5, 5.41) is 5.98. The number of amides is 2. The van der Waals surface area contributed by atoms with E-state index in [1.165, 1.54) is 12.1 Å². The number of nitrogens with one attached hydrogen (secondary N) is 2. The van der Waals surface area contributed by atoms with Crippen LogP contribution in [0.3, 0.4) is 0 Å². The summed E-state index contributed by atoms with van der Waals surface area (Å²) >= 11 is 0. The van der Waals surface area contributed by atoms with Gasteiger partial charge in [0.05, 0.1) is 12.6 Å². The molecule has 1 unspecified atom stereocenters. The molecular weight excluding hydrogens is 347 g/mol. The van der Waals surface area contributed by atoms with Crippen LogP contribution in [0.4, 0.5) is 4.39 Å². The molecule has 148 valence electrons. The Kier molecular flexibility index (Phi) is 6.79. The lowest BCUT2D eigenvalue weighted by Crippen LogP contribution is -2.55. The molecule has 1 saturated carbocycles. The molecule has 1 aromatic carbocycles. The maximum atomic E-state index is 12.9. The Hall–Kier alpha value is -1.99. The van der Waals surface area contributed by atoms with Gasteiger partial charge in [-0.3, -0.25) is 19.4 Å². The van der Waals surface area contributed by atoms with E-state index in [1.54, 1.807) is 12.1 Å². The van der Waals surface area contributed by atoms with E-state index < -0.39 is 0 Å². The molecule has 2 N–H and O–H groups in total. The van der Waals surface area contributed by atoms with E-state index >= 15 is 0 Å². The van der Waals surface area contributed by atoms with Crippen molar-refractivity contribution in [1.82, 2.24) is 20.4 Å². The van der Waals surface area contributed by atoms with Gasteiger partial charge in [-0.25, -0.2) is 4.39 Å². The normalized spacial score (nSPS) is 19.5. The molecule has 7 heteroatoms. The van der Waals surface area contributed by atoms with Gasteiger partial charge in [-0.05, 0) is 43.9 Å². The quantitative estimate of drug-likeness (QED) is 0.704. The van der Waals surface area contributed by atoms with E-state index in [4.69, 9.17) is 0 Å². The highest BCUT2D eigenvalue weighted by molar-refractivity contribution is 5.82. The zero-order valence-electron chi connectivity index (χ0n) is 15.9. The highest BCUT2D eigenvalue weighted by Crippen LogP contribution is 2.19. The molecule has 1 aromatic rings. The van der Waals surface area contributed by atoms with Crippen LogP contribution in [0.2, 0.25) is 0 Å². The van der Waals surface area contributed by atoms with Gasteiger partial charge in [-0.2, -0.15) is 0 Å². The Balaban J connectivity index is 1.31. The summed E-state index contributed by atoms with van der Waals surface area (Å²) < 4.78 is 12.9. The predicted octanol–water partition coefficient (Wildman–Crippen LogP) is 0.769. The lowest BCUT2D eigenvalue weighted by Gasteiger charge is -2.37. The van der Waals surface area contributed by atoms with Gasteiger partial charge < -0.3 is 10.6 Å². The van der Waals surface area contributed by atoms with E-state index in [1.807, 2.05) is 6.92 Å².